The predicted octanol–water partition coefficient (Wildman–Crippen LogP) is 5.06. The van der Waals surface area contributed by atoms with Crippen LogP contribution in [0.5, 0.6) is 0 Å². The molecule has 0 spiro atoms. The van der Waals surface area contributed by atoms with E-state index >= 15 is 0 Å². The molecule has 0 unspecified atom stereocenters. The lowest BCUT2D eigenvalue weighted by Crippen LogP contribution is -2.09. The standard InChI is InChI=1S/C14H10BrF3/c15-13-8-4-2-6-11(13)9-10-5-1-3-7-12(10)14(16,17)18/h1-8H,9H2. The van der Waals surface area contributed by atoms with Crippen molar-refractivity contribution in [2.45, 2.75) is 12.6 Å². The zero-order chi connectivity index (χ0) is 13.2. The van der Waals surface area contributed by atoms with Crippen LogP contribution in [0.15, 0.2) is 53.0 Å². The SMILES string of the molecule is FC(F)(F)c1ccccc1Cc1ccccc1Br. The quantitative estimate of drug-likeness (QED) is 0.727. The van der Waals surface area contributed by atoms with E-state index in [-0.39, 0.29) is 12.0 Å². The molecule has 2 aromatic rings. The predicted molar refractivity (Wildman–Crippen MR) is 68.4 cm³/mol. The third-order valence-electron chi connectivity index (χ3n) is 2.66. The van der Waals surface area contributed by atoms with E-state index in [1.807, 2.05) is 24.3 Å². The lowest BCUT2D eigenvalue weighted by atomic mass is 9.99. The van der Waals surface area contributed by atoms with Crippen LogP contribution < -0.4 is 0 Å². The maximum absolute atomic E-state index is 12.8. The van der Waals surface area contributed by atoms with Crippen LogP contribution in [-0.2, 0) is 12.6 Å². The van der Waals surface area contributed by atoms with Gasteiger partial charge in [0.15, 0.2) is 0 Å². The minimum atomic E-state index is -4.31. The van der Waals surface area contributed by atoms with E-state index < -0.39 is 11.7 Å². The molecule has 2 rings (SSSR count). The summed E-state index contributed by atoms with van der Waals surface area (Å²) in [6.07, 6.45) is -4.05. The van der Waals surface area contributed by atoms with Crippen LogP contribution >= 0.6 is 15.9 Å². The summed E-state index contributed by atoms with van der Waals surface area (Å²) in [7, 11) is 0. The fraction of sp³-hybridized carbons (Fsp3) is 0.143. The Balaban J connectivity index is 2.39. The van der Waals surface area contributed by atoms with Gasteiger partial charge in [-0.15, -0.1) is 0 Å². The van der Waals surface area contributed by atoms with Gasteiger partial charge < -0.3 is 0 Å². The first kappa shape index (κ1) is 13.1. The maximum atomic E-state index is 12.8. The highest BCUT2D eigenvalue weighted by Crippen LogP contribution is 2.33. The number of rotatable bonds is 2. The minimum Gasteiger partial charge on any atom is -0.166 e. The van der Waals surface area contributed by atoms with E-state index in [0.29, 0.717) is 0 Å². The highest BCUT2D eigenvalue weighted by molar-refractivity contribution is 9.10. The maximum Gasteiger partial charge on any atom is 0.416 e. The van der Waals surface area contributed by atoms with E-state index in [2.05, 4.69) is 15.9 Å². The number of benzene rings is 2. The Labute approximate surface area is 112 Å². The average molecular weight is 315 g/mol. The molecule has 0 heterocycles. The highest BCUT2D eigenvalue weighted by Gasteiger charge is 2.32. The van der Waals surface area contributed by atoms with Crippen molar-refractivity contribution in [2.24, 2.45) is 0 Å². The zero-order valence-electron chi connectivity index (χ0n) is 9.34. The van der Waals surface area contributed by atoms with Gasteiger partial charge in [0.1, 0.15) is 0 Å². The van der Waals surface area contributed by atoms with Crippen molar-refractivity contribution < 1.29 is 13.2 Å². The minimum absolute atomic E-state index is 0.261. The van der Waals surface area contributed by atoms with Crippen molar-refractivity contribution in [1.29, 1.82) is 0 Å². The third-order valence-corrected chi connectivity index (χ3v) is 3.44. The normalized spacial score (nSPS) is 11.6. The van der Waals surface area contributed by atoms with Crippen LogP contribution in [0.2, 0.25) is 0 Å². The van der Waals surface area contributed by atoms with E-state index in [1.165, 1.54) is 12.1 Å². The van der Waals surface area contributed by atoms with Gasteiger partial charge in [0, 0.05) is 4.47 Å². The second-order valence-corrected chi connectivity index (χ2v) is 4.78. The molecule has 0 N–H and O–H groups in total. The molecule has 0 aromatic heterocycles. The van der Waals surface area contributed by atoms with Crippen molar-refractivity contribution in [3.05, 3.63) is 69.7 Å². The average Bonchev–Trinajstić information content (AvgIpc) is 2.31. The van der Waals surface area contributed by atoms with E-state index in [1.54, 1.807) is 6.07 Å². The van der Waals surface area contributed by atoms with Crippen molar-refractivity contribution >= 4 is 15.9 Å². The highest BCUT2D eigenvalue weighted by atomic mass is 79.9. The van der Waals surface area contributed by atoms with Gasteiger partial charge in [0.05, 0.1) is 5.56 Å². The molecule has 0 aliphatic heterocycles. The molecule has 0 radical (unpaired) electrons. The van der Waals surface area contributed by atoms with E-state index in [0.717, 1.165) is 16.1 Å². The summed E-state index contributed by atoms with van der Waals surface area (Å²) in [5, 5.41) is 0. The number of hydrogen-bond donors (Lipinski definition) is 0. The molecule has 0 atom stereocenters. The molecule has 0 aliphatic rings. The van der Waals surface area contributed by atoms with Crippen molar-refractivity contribution in [3.63, 3.8) is 0 Å². The van der Waals surface area contributed by atoms with Gasteiger partial charge in [0.25, 0.3) is 0 Å². The Morgan fingerprint density at radius 2 is 1.39 bits per heavy atom. The van der Waals surface area contributed by atoms with Gasteiger partial charge in [-0.05, 0) is 29.7 Å². The largest absolute Gasteiger partial charge is 0.416 e. The Morgan fingerprint density at radius 3 is 2.00 bits per heavy atom. The molecule has 0 bridgehead atoms. The molecular weight excluding hydrogens is 305 g/mol. The summed E-state index contributed by atoms with van der Waals surface area (Å²) in [6.45, 7) is 0. The van der Waals surface area contributed by atoms with E-state index in [9.17, 15) is 13.2 Å². The lowest BCUT2D eigenvalue weighted by molar-refractivity contribution is -0.138. The Morgan fingerprint density at radius 1 is 0.833 bits per heavy atom. The van der Waals surface area contributed by atoms with Crippen LogP contribution in [-0.4, -0.2) is 0 Å². The summed E-state index contributed by atoms with van der Waals surface area (Å²) in [6, 6.07) is 13.0. The molecule has 4 heteroatoms. The Bertz CT molecular complexity index is 547. The monoisotopic (exact) mass is 314 g/mol. The second kappa shape index (κ2) is 5.14. The van der Waals surface area contributed by atoms with Crippen LogP contribution in [0.4, 0.5) is 13.2 Å². The molecule has 94 valence electrons. The molecular formula is C14H10BrF3. The summed E-state index contributed by atoms with van der Waals surface area (Å²) in [4.78, 5) is 0. The molecule has 0 nitrogen and oxygen atoms in total. The Hall–Kier alpha value is -1.29. The topological polar surface area (TPSA) is 0 Å². The molecule has 0 aliphatic carbocycles. The fourth-order valence-electron chi connectivity index (χ4n) is 1.80. The first-order chi connectivity index (χ1) is 8.48. The fourth-order valence-corrected chi connectivity index (χ4v) is 2.22. The smallest absolute Gasteiger partial charge is 0.166 e. The molecule has 18 heavy (non-hydrogen) atoms. The molecule has 0 saturated carbocycles. The summed E-state index contributed by atoms with van der Waals surface area (Å²) < 4.78 is 39.3. The van der Waals surface area contributed by atoms with Crippen molar-refractivity contribution in [1.82, 2.24) is 0 Å². The van der Waals surface area contributed by atoms with Crippen molar-refractivity contribution in [3.8, 4) is 0 Å². The Kier molecular flexibility index (Phi) is 3.76. The lowest BCUT2D eigenvalue weighted by Gasteiger charge is -2.13. The molecule has 0 amide bonds. The third kappa shape index (κ3) is 2.93. The summed E-state index contributed by atoms with van der Waals surface area (Å²) >= 11 is 3.35. The molecule has 2 aromatic carbocycles. The van der Waals surface area contributed by atoms with Gasteiger partial charge in [-0.3, -0.25) is 0 Å². The van der Waals surface area contributed by atoms with E-state index in [4.69, 9.17) is 0 Å². The van der Waals surface area contributed by atoms with Gasteiger partial charge in [-0.25, -0.2) is 0 Å². The number of hydrogen-bond acceptors (Lipinski definition) is 0. The number of halogens is 4. The van der Waals surface area contributed by atoms with Gasteiger partial charge >= 0.3 is 6.18 Å². The van der Waals surface area contributed by atoms with Crippen LogP contribution in [0.25, 0.3) is 0 Å². The molecule has 0 saturated heterocycles. The van der Waals surface area contributed by atoms with Gasteiger partial charge in [0.2, 0.25) is 0 Å². The second-order valence-electron chi connectivity index (χ2n) is 3.92. The number of alkyl halides is 3. The van der Waals surface area contributed by atoms with Crippen LogP contribution in [0.3, 0.4) is 0 Å². The first-order valence-electron chi connectivity index (χ1n) is 5.37. The van der Waals surface area contributed by atoms with Crippen molar-refractivity contribution in [2.75, 3.05) is 0 Å². The zero-order valence-corrected chi connectivity index (χ0v) is 10.9. The van der Waals surface area contributed by atoms with Crippen LogP contribution in [0, 0.1) is 0 Å². The van der Waals surface area contributed by atoms with Crippen LogP contribution in [0.1, 0.15) is 16.7 Å². The van der Waals surface area contributed by atoms with Gasteiger partial charge in [-0.2, -0.15) is 13.2 Å². The summed E-state index contributed by atoms with van der Waals surface area (Å²) in [5.41, 5.74) is 0.562. The first-order valence-corrected chi connectivity index (χ1v) is 6.16. The van der Waals surface area contributed by atoms with Gasteiger partial charge in [-0.1, -0.05) is 52.3 Å². The molecule has 0 fully saturated rings. The summed E-state index contributed by atoms with van der Waals surface area (Å²) in [5.74, 6) is 0.